The topological polar surface area (TPSA) is 46.5 Å². The number of ketones is 1. The third-order valence-electron chi connectivity index (χ3n) is 2.90. The summed E-state index contributed by atoms with van der Waals surface area (Å²) in [5, 5.41) is 9.47. The molecule has 0 bridgehead atoms. The average molecular weight is 274 g/mol. The van der Waals surface area contributed by atoms with Gasteiger partial charge in [-0.25, -0.2) is 0 Å². The van der Waals surface area contributed by atoms with E-state index in [2.05, 4.69) is 6.92 Å². The van der Waals surface area contributed by atoms with Crippen molar-refractivity contribution in [1.29, 1.82) is 0 Å². The molecule has 0 heterocycles. The lowest BCUT2D eigenvalue weighted by atomic mass is 10.1. The summed E-state index contributed by atoms with van der Waals surface area (Å²) in [6.45, 7) is 2.16. The number of unbranched alkanes of at least 4 members (excludes halogenated alkanes) is 3. The van der Waals surface area contributed by atoms with E-state index in [1.807, 2.05) is 6.08 Å². The van der Waals surface area contributed by atoms with Crippen molar-refractivity contribution in [3.05, 3.63) is 42.0 Å². The van der Waals surface area contributed by atoms with E-state index >= 15 is 0 Å². The minimum Gasteiger partial charge on any atom is -0.504 e. The van der Waals surface area contributed by atoms with Crippen molar-refractivity contribution in [3.8, 4) is 11.5 Å². The first-order chi connectivity index (χ1) is 9.67. The number of methoxy groups -OCH3 is 1. The van der Waals surface area contributed by atoms with Crippen LogP contribution in [0.4, 0.5) is 0 Å². The highest BCUT2D eigenvalue weighted by molar-refractivity contribution is 6.01. The molecule has 0 radical (unpaired) electrons. The molecule has 0 atom stereocenters. The fourth-order valence-electron chi connectivity index (χ4n) is 1.74. The van der Waals surface area contributed by atoms with Crippen LogP contribution in [-0.2, 0) is 4.79 Å². The van der Waals surface area contributed by atoms with Gasteiger partial charge in [-0.3, -0.25) is 4.79 Å². The molecule has 0 spiro atoms. The third kappa shape index (κ3) is 5.74. The van der Waals surface area contributed by atoms with Crippen LogP contribution in [0.1, 0.15) is 38.2 Å². The molecule has 0 aliphatic heterocycles. The maximum absolute atomic E-state index is 11.6. The Labute approximate surface area is 120 Å². The van der Waals surface area contributed by atoms with Gasteiger partial charge in [0.1, 0.15) is 0 Å². The lowest BCUT2D eigenvalue weighted by Crippen LogP contribution is -1.87. The summed E-state index contributed by atoms with van der Waals surface area (Å²) in [7, 11) is 1.49. The quantitative estimate of drug-likeness (QED) is 0.573. The first-order valence-electron chi connectivity index (χ1n) is 6.93. The van der Waals surface area contributed by atoms with Gasteiger partial charge in [0.15, 0.2) is 17.3 Å². The number of carbonyl (C=O) groups excluding carboxylic acids is 1. The molecule has 1 aromatic carbocycles. The number of phenols is 1. The normalized spacial score (nSPS) is 11.3. The molecule has 0 aliphatic carbocycles. The largest absolute Gasteiger partial charge is 0.504 e. The molecule has 1 N–H and O–H groups in total. The molecular weight excluding hydrogens is 252 g/mol. The van der Waals surface area contributed by atoms with E-state index in [0.29, 0.717) is 5.75 Å². The summed E-state index contributed by atoms with van der Waals surface area (Å²) in [6, 6.07) is 4.96. The van der Waals surface area contributed by atoms with Crippen molar-refractivity contribution in [2.24, 2.45) is 0 Å². The number of allylic oxidation sites excluding steroid dienone is 3. The summed E-state index contributed by atoms with van der Waals surface area (Å²) in [5.41, 5.74) is 0.812. The van der Waals surface area contributed by atoms with Gasteiger partial charge < -0.3 is 9.84 Å². The van der Waals surface area contributed by atoms with Crippen LogP contribution in [0.25, 0.3) is 6.08 Å². The summed E-state index contributed by atoms with van der Waals surface area (Å²) < 4.78 is 5.01. The van der Waals surface area contributed by atoms with E-state index < -0.39 is 0 Å². The maximum Gasteiger partial charge on any atom is 0.178 e. The summed E-state index contributed by atoms with van der Waals surface area (Å²) in [6.07, 6.45) is 11.2. The molecule has 0 fully saturated rings. The number of phenolic OH excluding ortho intramolecular Hbond substituents is 1. The zero-order chi connectivity index (χ0) is 14.8. The van der Waals surface area contributed by atoms with Crippen molar-refractivity contribution in [1.82, 2.24) is 0 Å². The zero-order valence-electron chi connectivity index (χ0n) is 12.1. The average Bonchev–Trinajstić information content (AvgIpc) is 2.46. The second-order valence-corrected chi connectivity index (χ2v) is 4.57. The van der Waals surface area contributed by atoms with E-state index in [4.69, 9.17) is 4.74 Å². The minimum atomic E-state index is -0.0338. The van der Waals surface area contributed by atoms with Crippen LogP contribution in [0, 0.1) is 0 Å². The van der Waals surface area contributed by atoms with Gasteiger partial charge in [-0.15, -0.1) is 0 Å². The number of carbonyl (C=O) groups is 1. The van der Waals surface area contributed by atoms with E-state index in [1.54, 1.807) is 30.4 Å². The van der Waals surface area contributed by atoms with Crippen LogP contribution < -0.4 is 4.74 Å². The first kappa shape index (κ1) is 16.0. The molecule has 0 unspecified atom stereocenters. The van der Waals surface area contributed by atoms with Gasteiger partial charge in [-0.05, 0) is 42.7 Å². The van der Waals surface area contributed by atoms with Crippen molar-refractivity contribution >= 4 is 11.9 Å². The Bertz CT molecular complexity index is 487. The second-order valence-electron chi connectivity index (χ2n) is 4.57. The van der Waals surface area contributed by atoms with Crippen molar-refractivity contribution in [3.63, 3.8) is 0 Å². The Morgan fingerprint density at radius 3 is 2.80 bits per heavy atom. The van der Waals surface area contributed by atoms with Crippen LogP contribution >= 0.6 is 0 Å². The number of hydrogen-bond donors (Lipinski definition) is 1. The minimum absolute atomic E-state index is 0.0338. The van der Waals surface area contributed by atoms with Gasteiger partial charge in [0.2, 0.25) is 0 Å². The van der Waals surface area contributed by atoms with Gasteiger partial charge >= 0.3 is 0 Å². The van der Waals surface area contributed by atoms with Gasteiger partial charge in [-0.1, -0.05) is 38.0 Å². The molecule has 0 saturated heterocycles. The Kier molecular flexibility index (Phi) is 7.18. The highest BCUT2D eigenvalue weighted by atomic mass is 16.5. The fourth-order valence-corrected chi connectivity index (χ4v) is 1.74. The Morgan fingerprint density at radius 1 is 1.30 bits per heavy atom. The molecule has 0 aliphatic rings. The molecule has 1 aromatic rings. The Balaban J connectivity index is 2.52. The van der Waals surface area contributed by atoms with Crippen LogP contribution in [0.5, 0.6) is 11.5 Å². The number of hydrogen-bond acceptors (Lipinski definition) is 3. The predicted molar refractivity (Wildman–Crippen MR) is 82.0 cm³/mol. The van der Waals surface area contributed by atoms with Gasteiger partial charge in [0.25, 0.3) is 0 Å². The number of benzene rings is 1. The van der Waals surface area contributed by atoms with Crippen LogP contribution in [0.3, 0.4) is 0 Å². The molecule has 20 heavy (non-hydrogen) atoms. The van der Waals surface area contributed by atoms with Crippen LogP contribution in [0.15, 0.2) is 36.4 Å². The molecule has 1 rings (SSSR count). The molecule has 3 heteroatoms. The smallest absolute Gasteiger partial charge is 0.178 e. The van der Waals surface area contributed by atoms with Gasteiger partial charge in [0, 0.05) is 0 Å². The predicted octanol–water partition coefficient (Wildman–Crippen LogP) is 4.12. The Hall–Kier alpha value is -2.03. The standard InChI is InChI=1S/C17H22O3/c1-3-4-5-6-7-8-15(18)11-9-14-10-12-16(19)17(13-14)20-2/h7-13,19H,3-6H2,1-2H3/b8-7+,11-9-. The highest BCUT2D eigenvalue weighted by Gasteiger charge is 2.00. The highest BCUT2D eigenvalue weighted by Crippen LogP contribution is 2.26. The Morgan fingerprint density at radius 2 is 2.10 bits per heavy atom. The molecule has 0 saturated carbocycles. The lowest BCUT2D eigenvalue weighted by Gasteiger charge is -2.03. The van der Waals surface area contributed by atoms with Crippen molar-refractivity contribution in [2.45, 2.75) is 32.6 Å². The molecule has 108 valence electrons. The van der Waals surface area contributed by atoms with Crippen LogP contribution in [-0.4, -0.2) is 18.0 Å². The number of aromatic hydroxyl groups is 1. The molecule has 0 aromatic heterocycles. The summed E-state index contributed by atoms with van der Waals surface area (Å²) in [5.74, 6) is 0.454. The molecule has 0 amide bonds. The lowest BCUT2D eigenvalue weighted by molar-refractivity contribution is -0.110. The van der Waals surface area contributed by atoms with Crippen molar-refractivity contribution in [2.75, 3.05) is 7.11 Å². The van der Waals surface area contributed by atoms with E-state index in [1.165, 1.54) is 26.0 Å². The van der Waals surface area contributed by atoms with Crippen LogP contribution in [0.2, 0.25) is 0 Å². The van der Waals surface area contributed by atoms with Gasteiger partial charge in [0.05, 0.1) is 7.11 Å². The van der Waals surface area contributed by atoms with E-state index in [9.17, 15) is 9.90 Å². The van der Waals surface area contributed by atoms with E-state index in [0.717, 1.165) is 18.4 Å². The third-order valence-corrected chi connectivity index (χ3v) is 2.90. The fraction of sp³-hybridized carbons (Fsp3) is 0.353. The number of rotatable bonds is 8. The molecule has 3 nitrogen and oxygen atoms in total. The first-order valence-corrected chi connectivity index (χ1v) is 6.93. The maximum atomic E-state index is 11.6. The second kappa shape index (κ2) is 8.97. The zero-order valence-corrected chi connectivity index (χ0v) is 12.1. The number of ether oxygens (including phenoxy) is 1. The summed E-state index contributed by atoms with van der Waals surface area (Å²) >= 11 is 0. The summed E-state index contributed by atoms with van der Waals surface area (Å²) in [4.78, 5) is 11.6. The van der Waals surface area contributed by atoms with E-state index in [-0.39, 0.29) is 11.5 Å². The monoisotopic (exact) mass is 274 g/mol. The van der Waals surface area contributed by atoms with Gasteiger partial charge in [-0.2, -0.15) is 0 Å². The van der Waals surface area contributed by atoms with Crippen molar-refractivity contribution < 1.29 is 14.6 Å². The molecular formula is C17H22O3. The SMILES string of the molecule is CCCCC/C=C/C(=O)/C=C\c1ccc(O)c(OC)c1.